The van der Waals surface area contributed by atoms with Crippen molar-refractivity contribution in [3.05, 3.63) is 89.7 Å². The minimum Gasteiger partial charge on any atom is -0.490 e. The second kappa shape index (κ2) is 16.2. The minimum atomic E-state index is -0.516. The summed E-state index contributed by atoms with van der Waals surface area (Å²) in [6, 6.07) is 16.9. The molecule has 0 bridgehead atoms. The average molecular weight is 617 g/mol. The van der Waals surface area contributed by atoms with Crippen molar-refractivity contribution in [3.8, 4) is 5.75 Å². The molecule has 0 saturated carbocycles. The van der Waals surface area contributed by atoms with Crippen LogP contribution in [-0.4, -0.2) is 89.2 Å². The third-order valence-corrected chi connectivity index (χ3v) is 8.07. The van der Waals surface area contributed by atoms with Crippen LogP contribution in [0.2, 0.25) is 0 Å². The number of hydrogen-bond donors (Lipinski definition) is 2. The number of aliphatic hydroxyl groups excluding tert-OH is 1. The van der Waals surface area contributed by atoms with Crippen molar-refractivity contribution >= 4 is 23.4 Å². The molecule has 0 spiro atoms. The van der Waals surface area contributed by atoms with Crippen molar-refractivity contribution in [2.75, 3.05) is 38.7 Å². The number of ether oxygens (including phenoxy) is 2. The van der Waals surface area contributed by atoms with Gasteiger partial charge in [-0.1, -0.05) is 25.1 Å². The molecule has 0 unspecified atom stereocenters. The van der Waals surface area contributed by atoms with E-state index in [1.807, 2.05) is 32.0 Å². The van der Waals surface area contributed by atoms with Crippen molar-refractivity contribution in [1.82, 2.24) is 14.8 Å². The van der Waals surface area contributed by atoms with Crippen molar-refractivity contribution in [2.24, 2.45) is 5.92 Å². The molecule has 0 radical (unpaired) electrons. The molecule has 1 aliphatic heterocycles. The van der Waals surface area contributed by atoms with Gasteiger partial charge in [0.25, 0.3) is 17.7 Å². The molecule has 1 aliphatic rings. The number of nitrogens with zero attached hydrogens (tertiary/aromatic N) is 3. The zero-order valence-corrected chi connectivity index (χ0v) is 26.5. The van der Waals surface area contributed by atoms with Gasteiger partial charge in [0.15, 0.2) is 0 Å². The topological polar surface area (TPSA) is 121 Å². The van der Waals surface area contributed by atoms with Crippen LogP contribution in [0.5, 0.6) is 5.75 Å². The van der Waals surface area contributed by atoms with Crippen LogP contribution in [0.1, 0.15) is 71.1 Å². The number of hydrogen-bond acceptors (Lipinski definition) is 7. The van der Waals surface area contributed by atoms with Crippen molar-refractivity contribution in [2.45, 2.75) is 58.3 Å². The summed E-state index contributed by atoms with van der Waals surface area (Å²) in [5, 5.41) is 13.1. The summed E-state index contributed by atoms with van der Waals surface area (Å²) in [4.78, 5) is 47.6. The molecule has 3 amide bonds. The van der Waals surface area contributed by atoms with Gasteiger partial charge in [-0.25, -0.2) is 0 Å². The Hall–Kier alpha value is -4.28. The molecule has 2 heterocycles. The summed E-state index contributed by atoms with van der Waals surface area (Å²) >= 11 is 0. The minimum absolute atomic E-state index is 0.108. The number of rotatable bonds is 7. The molecule has 2 aromatic carbocycles. The molecular formula is C35H44N4O6. The van der Waals surface area contributed by atoms with Gasteiger partial charge in [0.1, 0.15) is 5.75 Å². The average Bonchev–Trinajstić information content (AvgIpc) is 3.06. The number of likely N-dealkylation sites (N-methyl/N-ethyl adjacent to an activating group) is 1. The lowest BCUT2D eigenvalue weighted by molar-refractivity contribution is -0.0149. The number of aromatic nitrogens is 1. The van der Waals surface area contributed by atoms with Crippen LogP contribution >= 0.6 is 0 Å². The zero-order chi connectivity index (χ0) is 32.3. The lowest BCUT2D eigenvalue weighted by atomic mass is 10.0. The van der Waals surface area contributed by atoms with E-state index in [0.717, 1.165) is 19.3 Å². The van der Waals surface area contributed by atoms with Gasteiger partial charge >= 0.3 is 0 Å². The number of benzene rings is 2. The Morgan fingerprint density at radius 2 is 1.80 bits per heavy atom. The van der Waals surface area contributed by atoms with Gasteiger partial charge in [-0.15, -0.1) is 0 Å². The lowest BCUT2D eigenvalue weighted by Gasteiger charge is -2.36. The number of carbonyl (C=O) groups is 3. The number of anilines is 1. The number of aliphatic hydroxyl groups is 1. The Balaban J connectivity index is 1.63. The normalized spacial score (nSPS) is 20.2. The highest BCUT2D eigenvalue weighted by atomic mass is 16.5. The molecule has 0 fully saturated rings. The van der Waals surface area contributed by atoms with Crippen LogP contribution in [0.25, 0.3) is 0 Å². The van der Waals surface area contributed by atoms with Gasteiger partial charge in [0.05, 0.1) is 30.4 Å². The Morgan fingerprint density at radius 3 is 2.51 bits per heavy atom. The van der Waals surface area contributed by atoms with E-state index in [0.29, 0.717) is 35.7 Å². The molecule has 4 atom stereocenters. The lowest BCUT2D eigenvalue weighted by Crippen LogP contribution is -2.48. The van der Waals surface area contributed by atoms with Gasteiger partial charge < -0.3 is 29.7 Å². The fourth-order valence-corrected chi connectivity index (χ4v) is 5.32. The number of pyridine rings is 1. The monoisotopic (exact) mass is 616 g/mol. The van der Waals surface area contributed by atoms with E-state index >= 15 is 0 Å². The second-order valence-electron chi connectivity index (χ2n) is 11.8. The number of nitrogens with one attached hydrogen (secondary N) is 1. The Bertz CT molecular complexity index is 1420. The first kappa shape index (κ1) is 33.6. The second-order valence-corrected chi connectivity index (χ2v) is 11.8. The molecule has 0 aliphatic carbocycles. The van der Waals surface area contributed by atoms with E-state index in [9.17, 15) is 19.5 Å². The van der Waals surface area contributed by atoms with Crippen molar-refractivity contribution < 1.29 is 29.0 Å². The van der Waals surface area contributed by atoms with Gasteiger partial charge in [0.2, 0.25) is 0 Å². The van der Waals surface area contributed by atoms with Gasteiger partial charge in [-0.05, 0) is 75.6 Å². The Morgan fingerprint density at radius 1 is 1.07 bits per heavy atom. The van der Waals surface area contributed by atoms with Crippen LogP contribution in [0.4, 0.5) is 5.69 Å². The maximum Gasteiger partial charge on any atom is 0.258 e. The highest BCUT2D eigenvalue weighted by molar-refractivity contribution is 6.05. The molecule has 10 heteroatoms. The molecule has 10 nitrogen and oxygen atoms in total. The predicted octanol–water partition coefficient (Wildman–Crippen LogP) is 4.90. The first-order chi connectivity index (χ1) is 21.7. The summed E-state index contributed by atoms with van der Waals surface area (Å²) < 4.78 is 12.6. The van der Waals surface area contributed by atoms with E-state index in [2.05, 4.69) is 10.3 Å². The van der Waals surface area contributed by atoms with Crippen molar-refractivity contribution in [1.29, 1.82) is 0 Å². The predicted molar refractivity (Wildman–Crippen MR) is 172 cm³/mol. The van der Waals surface area contributed by atoms with Crippen molar-refractivity contribution in [3.63, 3.8) is 0 Å². The molecule has 2 N–H and O–H groups in total. The maximum atomic E-state index is 14.3. The molecule has 3 aromatic rings. The largest absolute Gasteiger partial charge is 0.490 e. The van der Waals surface area contributed by atoms with E-state index in [1.54, 1.807) is 78.6 Å². The maximum absolute atomic E-state index is 14.3. The summed E-state index contributed by atoms with van der Waals surface area (Å²) in [7, 11) is 1.76. The SMILES string of the molecule is C[C@@H]1CN([C@@H](C)CO)C(=O)c2cc(NC(=O)c3ccncc3)ccc2O[C@@H](C)CCCCO[C@@H]1CN(C)C(=O)c1ccccc1. The highest BCUT2D eigenvalue weighted by Crippen LogP contribution is 2.29. The van der Waals surface area contributed by atoms with E-state index < -0.39 is 6.04 Å². The van der Waals surface area contributed by atoms with E-state index in [1.165, 1.54) is 0 Å². The Kier molecular flexibility index (Phi) is 12.1. The van der Waals surface area contributed by atoms with Gasteiger partial charge in [0, 0.05) is 61.9 Å². The van der Waals surface area contributed by atoms with Gasteiger partial charge in [-0.2, -0.15) is 0 Å². The fraction of sp³-hybridized carbons (Fsp3) is 0.429. The number of carbonyl (C=O) groups excluding carboxylic acids is 3. The third kappa shape index (κ3) is 9.12. The highest BCUT2D eigenvalue weighted by Gasteiger charge is 2.31. The van der Waals surface area contributed by atoms with Crippen LogP contribution in [0, 0.1) is 5.92 Å². The molecule has 4 rings (SSSR count). The Labute approximate surface area is 265 Å². The molecule has 0 saturated heterocycles. The molecule has 45 heavy (non-hydrogen) atoms. The van der Waals surface area contributed by atoms with E-state index in [4.69, 9.17) is 9.47 Å². The number of amides is 3. The third-order valence-electron chi connectivity index (χ3n) is 8.07. The van der Waals surface area contributed by atoms with Crippen LogP contribution in [0.15, 0.2) is 73.1 Å². The summed E-state index contributed by atoms with van der Waals surface area (Å²) in [5.74, 6) is -0.549. The zero-order valence-electron chi connectivity index (χ0n) is 26.5. The summed E-state index contributed by atoms with van der Waals surface area (Å²) in [6.45, 7) is 6.60. The van der Waals surface area contributed by atoms with Crippen LogP contribution in [-0.2, 0) is 4.74 Å². The quantitative estimate of drug-likeness (QED) is 0.387. The molecule has 1 aromatic heterocycles. The first-order valence-corrected chi connectivity index (χ1v) is 15.5. The fourth-order valence-electron chi connectivity index (χ4n) is 5.32. The summed E-state index contributed by atoms with van der Waals surface area (Å²) in [5.41, 5.74) is 1.75. The molecular weight excluding hydrogens is 572 g/mol. The summed E-state index contributed by atoms with van der Waals surface area (Å²) in [6.07, 6.45) is 4.97. The van der Waals surface area contributed by atoms with Gasteiger partial charge in [-0.3, -0.25) is 19.4 Å². The first-order valence-electron chi connectivity index (χ1n) is 15.5. The van der Waals surface area contributed by atoms with Crippen LogP contribution in [0.3, 0.4) is 0 Å². The standard InChI is InChI=1S/C35H44N4O6/c1-24-21-39(25(2)23-40)35(43)30-20-29(37-33(41)27-15-17-36-18-16-27)13-14-31(30)45-26(3)10-8-9-19-44-32(24)22-38(4)34(42)28-11-6-5-7-12-28/h5-7,11-18,20,24-26,32,40H,8-10,19,21-23H2,1-4H3,(H,37,41)/t24-,25+,26+,32-/m1/s1. The molecule has 240 valence electrons. The smallest absolute Gasteiger partial charge is 0.258 e. The van der Waals surface area contributed by atoms with Crippen LogP contribution < -0.4 is 10.1 Å². The number of fused-ring (bicyclic) bond motifs is 1. The van der Waals surface area contributed by atoms with E-state index in [-0.39, 0.29) is 54.6 Å².